The van der Waals surface area contributed by atoms with E-state index in [9.17, 15) is 9.18 Å². The molecular weight excluding hydrogens is 307 g/mol. The number of benzene rings is 1. The fraction of sp³-hybridized carbons (Fsp3) is 0.375. The first-order chi connectivity index (χ1) is 10.5. The van der Waals surface area contributed by atoms with Crippen molar-refractivity contribution in [2.24, 2.45) is 0 Å². The number of rotatable bonds is 3. The molecule has 0 N–H and O–H groups in total. The van der Waals surface area contributed by atoms with E-state index < -0.39 is 5.82 Å². The van der Waals surface area contributed by atoms with E-state index in [1.807, 2.05) is 13.0 Å². The van der Waals surface area contributed by atoms with Gasteiger partial charge in [0.15, 0.2) is 5.76 Å². The molecule has 0 radical (unpaired) electrons. The lowest BCUT2D eigenvalue weighted by Crippen LogP contribution is -2.31. The predicted octanol–water partition coefficient (Wildman–Crippen LogP) is 3.68. The SMILES string of the molecule is Cc1cc([C@H]2CCCN2C(=O)Cc2ccc(F)cc2Cl)on1. The van der Waals surface area contributed by atoms with E-state index in [1.165, 1.54) is 12.1 Å². The van der Waals surface area contributed by atoms with Gasteiger partial charge in [-0.25, -0.2) is 4.39 Å². The lowest BCUT2D eigenvalue weighted by atomic mass is 10.1. The molecule has 0 bridgehead atoms. The summed E-state index contributed by atoms with van der Waals surface area (Å²) in [7, 11) is 0. The zero-order valence-corrected chi connectivity index (χ0v) is 12.9. The van der Waals surface area contributed by atoms with E-state index in [2.05, 4.69) is 5.16 Å². The van der Waals surface area contributed by atoms with Gasteiger partial charge in [-0.15, -0.1) is 0 Å². The number of aryl methyl sites for hydroxylation is 1. The van der Waals surface area contributed by atoms with E-state index in [-0.39, 0.29) is 23.4 Å². The minimum Gasteiger partial charge on any atom is -0.359 e. The van der Waals surface area contributed by atoms with Gasteiger partial charge in [-0.1, -0.05) is 22.8 Å². The molecule has 2 aromatic rings. The second-order valence-corrected chi connectivity index (χ2v) is 5.94. The summed E-state index contributed by atoms with van der Waals surface area (Å²) in [4.78, 5) is 14.3. The molecule has 1 aromatic heterocycles. The largest absolute Gasteiger partial charge is 0.359 e. The Bertz CT molecular complexity index is 701. The van der Waals surface area contributed by atoms with Gasteiger partial charge >= 0.3 is 0 Å². The van der Waals surface area contributed by atoms with Crippen LogP contribution in [0.25, 0.3) is 0 Å². The molecule has 1 fully saturated rings. The smallest absolute Gasteiger partial charge is 0.227 e. The Kier molecular flexibility index (Phi) is 4.16. The van der Waals surface area contributed by atoms with Crippen LogP contribution in [0, 0.1) is 12.7 Å². The minimum atomic E-state index is -0.405. The molecule has 0 aliphatic carbocycles. The van der Waals surface area contributed by atoms with Crippen LogP contribution in [0.1, 0.15) is 35.9 Å². The van der Waals surface area contributed by atoms with E-state index >= 15 is 0 Å². The van der Waals surface area contributed by atoms with Gasteiger partial charge < -0.3 is 9.42 Å². The van der Waals surface area contributed by atoms with Crippen LogP contribution >= 0.6 is 11.6 Å². The third-order valence-electron chi connectivity index (χ3n) is 3.90. The van der Waals surface area contributed by atoms with Crippen molar-refractivity contribution in [2.45, 2.75) is 32.2 Å². The number of nitrogens with zero attached hydrogens (tertiary/aromatic N) is 2. The molecule has 1 atom stereocenters. The van der Waals surface area contributed by atoms with Crippen molar-refractivity contribution in [3.8, 4) is 0 Å². The quantitative estimate of drug-likeness (QED) is 0.866. The maximum Gasteiger partial charge on any atom is 0.227 e. The summed E-state index contributed by atoms with van der Waals surface area (Å²) in [5, 5.41) is 4.16. The molecule has 4 nitrogen and oxygen atoms in total. The summed E-state index contributed by atoms with van der Waals surface area (Å²) in [6.07, 6.45) is 1.94. The highest BCUT2D eigenvalue weighted by Crippen LogP contribution is 2.33. The van der Waals surface area contributed by atoms with Gasteiger partial charge in [-0.3, -0.25) is 4.79 Å². The van der Waals surface area contributed by atoms with Gasteiger partial charge in [0, 0.05) is 17.6 Å². The van der Waals surface area contributed by atoms with Crippen molar-refractivity contribution >= 4 is 17.5 Å². The first-order valence-electron chi connectivity index (χ1n) is 7.21. The predicted molar refractivity (Wildman–Crippen MR) is 80.0 cm³/mol. The Hall–Kier alpha value is -1.88. The summed E-state index contributed by atoms with van der Waals surface area (Å²) >= 11 is 6.00. The summed E-state index contributed by atoms with van der Waals surface area (Å²) in [6.45, 7) is 2.54. The zero-order chi connectivity index (χ0) is 15.7. The van der Waals surface area contributed by atoms with Crippen molar-refractivity contribution in [3.05, 3.63) is 52.1 Å². The van der Waals surface area contributed by atoms with Gasteiger partial charge in [0.05, 0.1) is 18.2 Å². The first kappa shape index (κ1) is 15.0. The van der Waals surface area contributed by atoms with Crippen LogP contribution in [0.15, 0.2) is 28.8 Å². The van der Waals surface area contributed by atoms with Crippen LogP contribution in [0.3, 0.4) is 0 Å². The second kappa shape index (κ2) is 6.08. The minimum absolute atomic E-state index is 0.0370. The van der Waals surface area contributed by atoms with Crippen molar-refractivity contribution in [2.75, 3.05) is 6.54 Å². The number of carbonyl (C=O) groups excluding carboxylic acids is 1. The molecule has 2 heterocycles. The fourth-order valence-corrected chi connectivity index (χ4v) is 3.06. The van der Waals surface area contributed by atoms with E-state index in [0.29, 0.717) is 17.9 Å². The van der Waals surface area contributed by atoms with Crippen LogP contribution in [0.5, 0.6) is 0 Å². The highest BCUT2D eigenvalue weighted by molar-refractivity contribution is 6.31. The number of likely N-dealkylation sites (tertiary alicyclic amines) is 1. The van der Waals surface area contributed by atoms with Gasteiger partial charge in [-0.2, -0.15) is 0 Å². The van der Waals surface area contributed by atoms with E-state index in [1.54, 1.807) is 11.0 Å². The van der Waals surface area contributed by atoms with Crippen molar-refractivity contribution < 1.29 is 13.7 Å². The van der Waals surface area contributed by atoms with Crippen molar-refractivity contribution in [1.29, 1.82) is 0 Å². The van der Waals surface area contributed by atoms with Gasteiger partial charge in [0.25, 0.3) is 0 Å². The summed E-state index contributed by atoms with van der Waals surface area (Å²) < 4.78 is 18.4. The highest BCUT2D eigenvalue weighted by atomic mass is 35.5. The third-order valence-corrected chi connectivity index (χ3v) is 4.26. The Morgan fingerprint density at radius 1 is 1.50 bits per heavy atom. The topological polar surface area (TPSA) is 46.3 Å². The average Bonchev–Trinajstić information content (AvgIpc) is 3.10. The molecule has 0 saturated carbocycles. The molecule has 1 aliphatic heterocycles. The molecule has 0 spiro atoms. The Labute approximate surface area is 132 Å². The number of halogens is 2. The van der Waals surface area contributed by atoms with E-state index in [0.717, 1.165) is 18.5 Å². The molecule has 22 heavy (non-hydrogen) atoms. The molecule has 1 saturated heterocycles. The van der Waals surface area contributed by atoms with E-state index in [4.69, 9.17) is 16.1 Å². The lowest BCUT2D eigenvalue weighted by Gasteiger charge is -2.23. The number of carbonyl (C=O) groups is 1. The van der Waals surface area contributed by atoms with Crippen molar-refractivity contribution in [3.63, 3.8) is 0 Å². The van der Waals surface area contributed by atoms with Crippen LogP contribution < -0.4 is 0 Å². The maximum absolute atomic E-state index is 13.1. The monoisotopic (exact) mass is 322 g/mol. The molecule has 0 unspecified atom stereocenters. The molecule has 1 aliphatic rings. The number of hydrogen-bond acceptors (Lipinski definition) is 3. The molecule has 1 amide bonds. The van der Waals surface area contributed by atoms with Crippen LogP contribution in [0.2, 0.25) is 5.02 Å². The normalized spacial score (nSPS) is 18.0. The maximum atomic E-state index is 13.1. The number of amides is 1. The Morgan fingerprint density at radius 2 is 2.32 bits per heavy atom. The summed E-state index contributed by atoms with van der Waals surface area (Å²) in [6, 6.07) is 5.88. The van der Waals surface area contributed by atoms with Gasteiger partial charge in [0.2, 0.25) is 5.91 Å². The van der Waals surface area contributed by atoms with Crippen LogP contribution in [-0.2, 0) is 11.2 Å². The Morgan fingerprint density at radius 3 is 3.00 bits per heavy atom. The molecule has 3 rings (SSSR count). The average molecular weight is 323 g/mol. The summed E-state index contributed by atoms with van der Waals surface area (Å²) in [5.74, 6) is 0.274. The third kappa shape index (κ3) is 2.99. The first-order valence-corrected chi connectivity index (χ1v) is 7.59. The van der Waals surface area contributed by atoms with Crippen molar-refractivity contribution in [1.82, 2.24) is 10.1 Å². The van der Waals surface area contributed by atoms with Gasteiger partial charge in [0.1, 0.15) is 5.82 Å². The van der Waals surface area contributed by atoms with Gasteiger partial charge in [-0.05, 0) is 37.5 Å². The Balaban J connectivity index is 1.76. The molecule has 6 heteroatoms. The van der Waals surface area contributed by atoms with Crippen LogP contribution in [-0.4, -0.2) is 22.5 Å². The lowest BCUT2D eigenvalue weighted by molar-refractivity contribution is -0.131. The van der Waals surface area contributed by atoms with Crippen LogP contribution in [0.4, 0.5) is 4.39 Å². The standard InChI is InChI=1S/C16H16ClFN2O2/c1-10-7-15(22-19-10)14-3-2-6-20(14)16(21)8-11-4-5-12(18)9-13(11)17/h4-5,7,9,14H,2-3,6,8H2,1H3/t14-/m1/s1. The second-order valence-electron chi connectivity index (χ2n) is 5.53. The fourth-order valence-electron chi connectivity index (χ4n) is 2.83. The molecule has 1 aromatic carbocycles. The highest BCUT2D eigenvalue weighted by Gasteiger charge is 2.32. The number of hydrogen-bond donors (Lipinski definition) is 0. The zero-order valence-electron chi connectivity index (χ0n) is 12.2. The number of aromatic nitrogens is 1. The molecular formula is C16H16ClFN2O2. The summed E-state index contributed by atoms with van der Waals surface area (Å²) in [5.41, 5.74) is 1.43. The molecule has 116 valence electrons.